The Morgan fingerprint density at radius 2 is 1.58 bits per heavy atom. The first-order chi connectivity index (χ1) is 24.9. The number of anilines is 2. The summed E-state index contributed by atoms with van der Waals surface area (Å²) in [7, 11) is 3.22. The van der Waals surface area contributed by atoms with E-state index in [4.69, 9.17) is 30.7 Å². The fourth-order valence-corrected chi connectivity index (χ4v) is 6.20. The Morgan fingerprint density at radius 1 is 0.904 bits per heavy atom. The number of halogens is 1. The van der Waals surface area contributed by atoms with Crippen molar-refractivity contribution in [2.24, 2.45) is 22.6 Å². The average Bonchev–Trinajstić information content (AvgIpc) is 3.55. The van der Waals surface area contributed by atoms with Crippen molar-refractivity contribution < 1.29 is 23.8 Å². The average molecular weight is 774 g/mol. The number of amides is 2. The predicted molar refractivity (Wildman–Crippen MR) is 211 cm³/mol. The molecule has 1 aliphatic heterocycles. The van der Waals surface area contributed by atoms with Crippen LogP contribution in [-0.4, -0.2) is 49.0 Å². The van der Waals surface area contributed by atoms with Crippen molar-refractivity contribution in [1.82, 2.24) is 10.3 Å². The van der Waals surface area contributed by atoms with Gasteiger partial charge in [-0.15, -0.1) is 0 Å². The molecule has 12 heteroatoms. The van der Waals surface area contributed by atoms with Gasteiger partial charge in [-0.1, -0.05) is 58.0 Å². The number of ether oxygens (including phenoxy) is 3. The summed E-state index contributed by atoms with van der Waals surface area (Å²) >= 11 is 3.37. The normalized spacial score (nSPS) is 12.9. The maximum absolute atomic E-state index is 12.8. The van der Waals surface area contributed by atoms with E-state index in [0.29, 0.717) is 33.9 Å². The van der Waals surface area contributed by atoms with Crippen molar-refractivity contribution in [3.05, 3.63) is 94.7 Å². The molecule has 3 aromatic carbocycles. The van der Waals surface area contributed by atoms with Crippen LogP contribution in [0.1, 0.15) is 51.7 Å². The lowest BCUT2D eigenvalue weighted by Crippen LogP contribution is -2.44. The Kier molecular flexibility index (Phi) is 14.6. The molecule has 0 saturated heterocycles. The zero-order valence-corrected chi connectivity index (χ0v) is 32.2. The molecule has 2 heterocycles. The highest BCUT2D eigenvalue weighted by atomic mass is 79.9. The predicted octanol–water partition coefficient (Wildman–Crippen LogP) is 8.08. The number of nitrogen functional groups attached to an aromatic ring is 1. The number of hydrogen-bond acceptors (Lipinski definition) is 9. The van der Waals surface area contributed by atoms with E-state index in [0.717, 1.165) is 46.7 Å². The van der Waals surface area contributed by atoms with Gasteiger partial charge in [0.2, 0.25) is 5.91 Å². The summed E-state index contributed by atoms with van der Waals surface area (Å²) in [5.74, 6) is 1.76. The molecule has 0 aliphatic carbocycles. The maximum atomic E-state index is 12.8. The molecule has 0 saturated carbocycles. The Hall–Kier alpha value is -4.94. The standard InChI is InChI=1S/C21H26BrN3O4.C19H23N3O/c1-13(2)9-18(25-21(27)29-12-14-7-5-4-6-8-14)20(26)24-17-10-15(22)19(28-3)11-16(17)23;1-12(2)8-16(20)18-10-14-9-15(13-4-6-21-7-5-13)19(23-3)11-17(14)22-18/h4-8,10-11,13,18H,9,12,23H2,1-3H3,(H,24,26)(H,25,27);4-7,9,11-12,16H,8,10,20H2,1-3H3/t18-;16-/m11/s1. The van der Waals surface area contributed by atoms with Crippen LogP contribution in [0.4, 0.5) is 21.9 Å². The van der Waals surface area contributed by atoms with E-state index in [1.54, 1.807) is 31.6 Å². The number of hydrogen-bond donors (Lipinski definition) is 4. The molecule has 1 aliphatic rings. The summed E-state index contributed by atoms with van der Waals surface area (Å²) in [6.07, 6.45) is 5.17. The number of alkyl carbamates (subject to hydrolysis) is 1. The van der Waals surface area contributed by atoms with Gasteiger partial charge in [0.05, 0.1) is 35.8 Å². The minimum atomic E-state index is -0.765. The lowest BCUT2D eigenvalue weighted by molar-refractivity contribution is -0.118. The van der Waals surface area contributed by atoms with Crippen LogP contribution >= 0.6 is 15.9 Å². The number of aliphatic imine (C=N–C) groups is 1. The molecule has 0 bridgehead atoms. The Bertz CT molecular complexity index is 1840. The van der Waals surface area contributed by atoms with Crippen LogP contribution in [0.5, 0.6) is 11.5 Å². The molecule has 276 valence electrons. The number of carbonyl (C=O) groups is 2. The van der Waals surface area contributed by atoms with Crippen LogP contribution in [0, 0.1) is 11.8 Å². The first-order valence-electron chi connectivity index (χ1n) is 17.2. The van der Waals surface area contributed by atoms with Gasteiger partial charge in [-0.05, 0) is 81.6 Å². The van der Waals surface area contributed by atoms with Crippen molar-refractivity contribution in [3.8, 4) is 22.6 Å². The molecule has 4 aromatic rings. The van der Waals surface area contributed by atoms with Gasteiger partial charge in [0.15, 0.2) is 0 Å². The number of benzene rings is 3. The van der Waals surface area contributed by atoms with Crippen LogP contribution in [0.2, 0.25) is 0 Å². The highest BCUT2D eigenvalue weighted by molar-refractivity contribution is 9.10. The number of nitrogens with zero attached hydrogens (tertiary/aromatic N) is 2. The van der Waals surface area contributed by atoms with Crippen molar-refractivity contribution >= 4 is 50.7 Å². The van der Waals surface area contributed by atoms with E-state index < -0.39 is 12.1 Å². The number of fused-ring (bicyclic) bond motifs is 1. The third kappa shape index (κ3) is 11.3. The van der Waals surface area contributed by atoms with E-state index in [1.807, 2.05) is 62.4 Å². The van der Waals surface area contributed by atoms with Gasteiger partial charge in [-0.25, -0.2) is 4.79 Å². The maximum Gasteiger partial charge on any atom is 0.408 e. The summed E-state index contributed by atoms with van der Waals surface area (Å²) in [4.78, 5) is 33.8. The largest absolute Gasteiger partial charge is 0.496 e. The first-order valence-corrected chi connectivity index (χ1v) is 18.0. The monoisotopic (exact) mass is 772 g/mol. The number of carbonyl (C=O) groups excluding carboxylic acids is 2. The zero-order chi connectivity index (χ0) is 37.8. The molecular formula is C40H49BrN6O5. The SMILES string of the molecule is COc1cc(N)c(NC(=O)[C@@H](CC(C)C)NC(=O)OCc2ccccc2)cc1Br.COc1cc2c(cc1-c1ccncc1)CC([C@H](N)CC(C)C)=N2. The fraction of sp³-hybridized carbons (Fsp3) is 0.350. The van der Waals surface area contributed by atoms with Crippen molar-refractivity contribution in [2.75, 3.05) is 25.3 Å². The van der Waals surface area contributed by atoms with E-state index in [1.165, 1.54) is 12.7 Å². The van der Waals surface area contributed by atoms with E-state index >= 15 is 0 Å². The van der Waals surface area contributed by atoms with E-state index in [2.05, 4.69) is 51.5 Å². The van der Waals surface area contributed by atoms with Crippen LogP contribution in [-0.2, 0) is 22.6 Å². The smallest absolute Gasteiger partial charge is 0.408 e. The summed E-state index contributed by atoms with van der Waals surface area (Å²) < 4.78 is 16.6. The Labute approximate surface area is 314 Å². The van der Waals surface area contributed by atoms with Gasteiger partial charge >= 0.3 is 6.09 Å². The molecule has 11 nitrogen and oxygen atoms in total. The second-order valence-electron chi connectivity index (χ2n) is 13.4. The molecule has 0 unspecified atom stereocenters. The molecule has 2 atom stereocenters. The molecule has 0 fully saturated rings. The third-order valence-electron chi connectivity index (χ3n) is 8.29. The molecule has 0 spiro atoms. The summed E-state index contributed by atoms with van der Waals surface area (Å²) in [5, 5.41) is 5.41. The minimum Gasteiger partial charge on any atom is -0.496 e. The van der Waals surface area contributed by atoms with Crippen LogP contribution in [0.3, 0.4) is 0 Å². The van der Waals surface area contributed by atoms with Gasteiger partial charge < -0.3 is 36.3 Å². The van der Waals surface area contributed by atoms with Crippen molar-refractivity contribution in [1.29, 1.82) is 0 Å². The molecule has 6 N–H and O–H groups in total. The molecule has 2 amide bonds. The number of rotatable bonds is 13. The van der Waals surface area contributed by atoms with Gasteiger partial charge in [0, 0.05) is 48.3 Å². The van der Waals surface area contributed by atoms with Crippen molar-refractivity contribution in [3.63, 3.8) is 0 Å². The van der Waals surface area contributed by atoms with E-state index in [-0.39, 0.29) is 24.5 Å². The lowest BCUT2D eigenvalue weighted by atomic mass is 9.96. The number of aromatic nitrogens is 1. The second kappa shape index (κ2) is 19.1. The van der Waals surface area contributed by atoms with Crippen LogP contribution < -0.4 is 31.6 Å². The third-order valence-corrected chi connectivity index (χ3v) is 8.91. The summed E-state index contributed by atoms with van der Waals surface area (Å²) in [6.45, 7) is 8.44. The van der Waals surface area contributed by atoms with Crippen molar-refractivity contribution in [2.45, 2.75) is 65.6 Å². The van der Waals surface area contributed by atoms with Gasteiger partial charge in [-0.2, -0.15) is 0 Å². The highest BCUT2D eigenvalue weighted by Crippen LogP contribution is 2.39. The first kappa shape index (κ1) is 39.8. The zero-order valence-electron chi connectivity index (χ0n) is 30.6. The minimum absolute atomic E-state index is 0.0257. The van der Waals surface area contributed by atoms with Gasteiger partial charge in [-0.3, -0.25) is 14.8 Å². The summed E-state index contributed by atoms with van der Waals surface area (Å²) in [6, 6.07) is 20.0. The number of methoxy groups -OCH3 is 2. The fourth-order valence-electron chi connectivity index (χ4n) is 5.70. The Balaban J connectivity index is 0.000000238. The van der Waals surface area contributed by atoms with Crippen LogP contribution in [0.15, 0.2) is 88.6 Å². The second-order valence-corrected chi connectivity index (χ2v) is 14.2. The molecule has 1 aromatic heterocycles. The number of nitrogens with two attached hydrogens (primary N) is 2. The number of nitrogens with one attached hydrogen (secondary N) is 2. The molecule has 52 heavy (non-hydrogen) atoms. The van der Waals surface area contributed by atoms with E-state index in [9.17, 15) is 9.59 Å². The van der Waals surface area contributed by atoms with Gasteiger partial charge in [0.1, 0.15) is 24.1 Å². The Morgan fingerprint density at radius 3 is 2.21 bits per heavy atom. The molecule has 5 rings (SSSR count). The molecule has 0 radical (unpaired) electrons. The topological polar surface area (TPSA) is 163 Å². The molecular weight excluding hydrogens is 724 g/mol. The summed E-state index contributed by atoms with van der Waals surface area (Å²) in [5.41, 5.74) is 19.4. The van der Waals surface area contributed by atoms with Gasteiger partial charge in [0.25, 0.3) is 0 Å². The van der Waals surface area contributed by atoms with Crippen LogP contribution in [0.25, 0.3) is 11.1 Å². The lowest BCUT2D eigenvalue weighted by Gasteiger charge is -2.21. The number of pyridine rings is 1. The highest BCUT2D eigenvalue weighted by Gasteiger charge is 2.25. The quantitative estimate of drug-likeness (QED) is 0.0992.